The van der Waals surface area contributed by atoms with Crippen LogP contribution in [0.1, 0.15) is 5.56 Å². The lowest BCUT2D eigenvalue weighted by Crippen LogP contribution is -2.03. The SMILES string of the molecule is Fc1cccc(-c2nc(Cl)cc(NCc3ccc(Cl)cc3)n2)c1. The number of aromatic nitrogens is 2. The van der Waals surface area contributed by atoms with Crippen LogP contribution >= 0.6 is 23.2 Å². The number of hydrogen-bond acceptors (Lipinski definition) is 3. The van der Waals surface area contributed by atoms with Crippen molar-refractivity contribution in [3.05, 3.63) is 76.2 Å². The van der Waals surface area contributed by atoms with Gasteiger partial charge >= 0.3 is 0 Å². The van der Waals surface area contributed by atoms with E-state index in [0.717, 1.165) is 5.56 Å². The van der Waals surface area contributed by atoms with Crippen LogP contribution in [0.2, 0.25) is 10.2 Å². The molecule has 0 bridgehead atoms. The van der Waals surface area contributed by atoms with Gasteiger partial charge in [0.15, 0.2) is 5.82 Å². The van der Waals surface area contributed by atoms with E-state index in [1.807, 2.05) is 24.3 Å². The van der Waals surface area contributed by atoms with E-state index in [-0.39, 0.29) is 11.0 Å². The predicted octanol–water partition coefficient (Wildman–Crippen LogP) is 5.20. The van der Waals surface area contributed by atoms with Gasteiger partial charge in [0, 0.05) is 23.2 Å². The highest BCUT2D eigenvalue weighted by molar-refractivity contribution is 6.30. The first-order valence-corrected chi connectivity index (χ1v) is 7.64. The lowest BCUT2D eigenvalue weighted by Gasteiger charge is -2.08. The second kappa shape index (κ2) is 6.94. The third-order valence-corrected chi connectivity index (χ3v) is 3.61. The fraction of sp³-hybridized carbons (Fsp3) is 0.0588. The van der Waals surface area contributed by atoms with Crippen molar-refractivity contribution in [2.45, 2.75) is 6.54 Å². The quantitative estimate of drug-likeness (QED) is 0.659. The molecule has 2 aromatic carbocycles. The van der Waals surface area contributed by atoms with Gasteiger partial charge in [-0.25, -0.2) is 14.4 Å². The molecule has 0 unspecified atom stereocenters. The first kappa shape index (κ1) is 15.7. The van der Waals surface area contributed by atoms with Crippen LogP contribution in [0.4, 0.5) is 10.2 Å². The predicted molar refractivity (Wildman–Crippen MR) is 91.2 cm³/mol. The van der Waals surface area contributed by atoms with E-state index in [2.05, 4.69) is 15.3 Å². The third kappa shape index (κ3) is 4.18. The van der Waals surface area contributed by atoms with Gasteiger partial charge in [-0.15, -0.1) is 0 Å². The molecule has 0 radical (unpaired) electrons. The van der Waals surface area contributed by atoms with Crippen LogP contribution in [0, 0.1) is 5.82 Å². The maximum absolute atomic E-state index is 13.3. The Morgan fingerprint density at radius 2 is 1.74 bits per heavy atom. The molecule has 6 heteroatoms. The molecule has 1 aromatic heterocycles. The summed E-state index contributed by atoms with van der Waals surface area (Å²) in [5.74, 6) is 0.594. The summed E-state index contributed by atoms with van der Waals surface area (Å²) in [6, 6.07) is 15.2. The highest BCUT2D eigenvalue weighted by Crippen LogP contribution is 2.21. The minimum atomic E-state index is -0.346. The van der Waals surface area contributed by atoms with Crippen LogP contribution in [0.25, 0.3) is 11.4 Å². The zero-order valence-corrected chi connectivity index (χ0v) is 13.4. The van der Waals surface area contributed by atoms with Crippen molar-refractivity contribution in [1.82, 2.24) is 9.97 Å². The summed E-state index contributed by atoms with van der Waals surface area (Å²) in [4.78, 5) is 8.52. The molecule has 0 aliphatic heterocycles. The monoisotopic (exact) mass is 347 g/mol. The van der Waals surface area contributed by atoms with Crippen LogP contribution in [0.15, 0.2) is 54.6 Å². The van der Waals surface area contributed by atoms with E-state index in [1.165, 1.54) is 12.1 Å². The molecule has 0 aliphatic rings. The minimum absolute atomic E-state index is 0.290. The van der Waals surface area contributed by atoms with Gasteiger partial charge in [-0.1, -0.05) is 47.5 Å². The van der Waals surface area contributed by atoms with Crippen molar-refractivity contribution in [3.8, 4) is 11.4 Å². The van der Waals surface area contributed by atoms with Crippen molar-refractivity contribution >= 4 is 29.0 Å². The molecule has 0 spiro atoms. The van der Waals surface area contributed by atoms with Gasteiger partial charge in [-0.2, -0.15) is 0 Å². The number of benzene rings is 2. The Hall–Kier alpha value is -2.17. The fourth-order valence-electron chi connectivity index (χ4n) is 2.06. The van der Waals surface area contributed by atoms with Crippen molar-refractivity contribution in [2.75, 3.05) is 5.32 Å². The van der Waals surface area contributed by atoms with Crippen LogP contribution in [0.3, 0.4) is 0 Å². The molecule has 3 nitrogen and oxygen atoms in total. The van der Waals surface area contributed by atoms with Gasteiger partial charge in [0.05, 0.1) is 0 Å². The van der Waals surface area contributed by atoms with Crippen molar-refractivity contribution < 1.29 is 4.39 Å². The van der Waals surface area contributed by atoms with Crippen LogP contribution in [-0.2, 0) is 6.54 Å². The Bertz CT molecular complexity index is 822. The summed E-state index contributed by atoms with van der Waals surface area (Å²) in [7, 11) is 0. The lowest BCUT2D eigenvalue weighted by molar-refractivity contribution is 0.628. The number of halogens is 3. The zero-order chi connectivity index (χ0) is 16.2. The van der Waals surface area contributed by atoms with Crippen molar-refractivity contribution in [3.63, 3.8) is 0 Å². The van der Waals surface area contributed by atoms with E-state index in [1.54, 1.807) is 18.2 Å². The van der Waals surface area contributed by atoms with Crippen LogP contribution in [-0.4, -0.2) is 9.97 Å². The molecule has 0 atom stereocenters. The third-order valence-electron chi connectivity index (χ3n) is 3.16. The van der Waals surface area contributed by atoms with E-state index in [0.29, 0.717) is 28.8 Å². The highest BCUT2D eigenvalue weighted by Gasteiger charge is 2.07. The average molecular weight is 348 g/mol. The maximum atomic E-state index is 13.3. The molecular formula is C17H12Cl2FN3. The number of nitrogens with one attached hydrogen (secondary N) is 1. The summed E-state index contributed by atoms with van der Waals surface area (Å²) >= 11 is 11.9. The van der Waals surface area contributed by atoms with E-state index in [4.69, 9.17) is 23.2 Å². The average Bonchev–Trinajstić information content (AvgIpc) is 2.54. The summed E-state index contributed by atoms with van der Waals surface area (Å²) in [6.07, 6.45) is 0. The molecular weight excluding hydrogens is 336 g/mol. The Morgan fingerprint density at radius 1 is 0.957 bits per heavy atom. The molecule has 1 heterocycles. The number of hydrogen-bond donors (Lipinski definition) is 1. The summed E-state index contributed by atoms with van der Waals surface area (Å²) < 4.78 is 13.3. The standard InChI is InChI=1S/C17H12Cl2FN3/c18-13-6-4-11(5-7-13)10-21-16-9-15(19)22-17(23-16)12-2-1-3-14(20)8-12/h1-9H,10H2,(H,21,22,23). The Labute approximate surface area is 143 Å². The van der Waals surface area contributed by atoms with Gasteiger partial charge in [-0.05, 0) is 29.8 Å². The molecule has 0 fully saturated rings. The first-order valence-electron chi connectivity index (χ1n) is 6.89. The van der Waals surface area contributed by atoms with Gasteiger partial charge in [0.25, 0.3) is 0 Å². The summed E-state index contributed by atoms with van der Waals surface area (Å²) in [5, 5.41) is 4.15. The second-order valence-electron chi connectivity index (χ2n) is 4.89. The lowest BCUT2D eigenvalue weighted by atomic mass is 10.2. The number of rotatable bonds is 4. The van der Waals surface area contributed by atoms with Gasteiger partial charge in [0.2, 0.25) is 0 Å². The largest absolute Gasteiger partial charge is 0.366 e. The van der Waals surface area contributed by atoms with Crippen LogP contribution < -0.4 is 5.32 Å². The molecule has 116 valence electrons. The molecule has 0 saturated carbocycles. The maximum Gasteiger partial charge on any atom is 0.163 e. The summed E-state index contributed by atoms with van der Waals surface area (Å²) in [6.45, 7) is 0.563. The number of anilines is 1. The number of nitrogens with zero attached hydrogens (tertiary/aromatic N) is 2. The Balaban J connectivity index is 1.81. The van der Waals surface area contributed by atoms with Crippen molar-refractivity contribution in [2.24, 2.45) is 0 Å². The molecule has 3 aromatic rings. The van der Waals surface area contributed by atoms with E-state index >= 15 is 0 Å². The van der Waals surface area contributed by atoms with Gasteiger partial charge < -0.3 is 5.32 Å². The van der Waals surface area contributed by atoms with Crippen LogP contribution in [0.5, 0.6) is 0 Å². The fourth-order valence-corrected chi connectivity index (χ4v) is 2.37. The molecule has 1 N–H and O–H groups in total. The topological polar surface area (TPSA) is 37.8 Å². The normalized spacial score (nSPS) is 10.6. The first-order chi connectivity index (χ1) is 11.1. The summed E-state index contributed by atoms with van der Waals surface area (Å²) in [5.41, 5.74) is 1.62. The minimum Gasteiger partial charge on any atom is -0.366 e. The molecule has 3 rings (SSSR count). The van der Waals surface area contributed by atoms with Crippen molar-refractivity contribution in [1.29, 1.82) is 0 Å². The molecule has 0 saturated heterocycles. The Kier molecular flexibility index (Phi) is 4.74. The van der Waals surface area contributed by atoms with Gasteiger partial charge in [-0.3, -0.25) is 0 Å². The molecule has 0 amide bonds. The second-order valence-corrected chi connectivity index (χ2v) is 5.71. The van der Waals surface area contributed by atoms with E-state index < -0.39 is 0 Å². The Morgan fingerprint density at radius 3 is 2.48 bits per heavy atom. The molecule has 0 aliphatic carbocycles. The van der Waals surface area contributed by atoms with E-state index in [9.17, 15) is 4.39 Å². The zero-order valence-electron chi connectivity index (χ0n) is 11.9. The smallest absolute Gasteiger partial charge is 0.163 e. The highest BCUT2D eigenvalue weighted by atomic mass is 35.5. The van der Waals surface area contributed by atoms with Gasteiger partial charge in [0.1, 0.15) is 16.8 Å². The molecule has 23 heavy (non-hydrogen) atoms.